The van der Waals surface area contributed by atoms with E-state index in [0.717, 1.165) is 24.3 Å². The van der Waals surface area contributed by atoms with Gasteiger partial charge in [-0.3, -0.25) is 0 Å². The van der Waals surface area contributed by atoms with Gasteiger partial charge in [0.05, 0.1) is 11.1 Å². The first-order valence-electron chi connectivity index (χ1n) is 6.05. The molecule has 0 aromatic carbocycles. The number of hydrogen-bond acceptors (Lipinski definition) is 4. The summed E-state index contributed by atoms with van der Waals surface area (Å²) in [5.74, 6) is 1.47. The molecule has 5 heteroatoms. The van der Waals surface area contributed by atoms with Crippen LogP contribution in [0.25, 0.3) is 11.2 Å². The molecule has 2 aromatic heterocycles. The third-order valence-corrected chi connectivity index (χ3v) is 3.51. The van der Waals surface area contributed by atoms with Crippen molar-refractivity contribution in [3.8, 4) is 0 Å². The highest BCUT2D eigenvalue weighted by Crippen LogP contribution is 2.28. The van der Waals surface area contributed by atoms with Crippen molar-refractivity contribution in [1.29, 1.82) is 0 Å². The minimum atomic E-state index is -0.0618. The summed E-state index contributed by atoms with van der Waals surface area (Å²) in [7, 11) is 0. The molecule has 0 amide bonds. The highest BCUT2D eigenvalue weighted by Gasteiger charge is 2.31. The predicted molar refractivity (Wildman–Crippen MR) is 67.5 cm³/mol. The summed E-state index contributed by atoms with van der Waals surface area (Å²) < 4.78 is 0. The van der Waals surface area contributed by atoms with Crippen LogP contribution in [0.1, 0.15) is 32.0 Å². The van der Waals surface area contributed by atoms with E-state index in [1.807, 2.05) is 6.07 Å². The van der Waals surface area contributed by atoms with Gasteiger partial charge in [-0.15, -0.1) is 0 Å². The second kappa shape index (κ2) is 3.70. The number of fused-ring (bicyclic) bond motifs is 1. The molecule has 2 aromatic rings. The Hall–Kier alpha value is -1.62. The molecule has 0 radical (unpaired) electrons. The first-order valence-corrected chi connectivity index (χ1v) is 6.05. The summed E-state index contributed by atoms with van der Waals surface area (Å²) in [4.78, 5) is 12.1. The van der Waals surface area contributed by atoms with Crippen molar-refractivity contribution in [3.05, 3.63) is 18.0 Å². The molecule has 1 fully saturated rings. The number of nitrogens with zero attached hydrogens (tertiary/aromatic N) is 2. The molecule has 1 saturated heterocycles. The monoisotopic (exact) mass is 231 g/mol. The van der Waals surface area contributed by atoms with E-state index >= 15 is 0 Å². The van der Waals surface area contributed by atoms with Crippen LogP contribution < -0.4 is 11.1 Å². The number of rotatable bonds is 1. The van der Waals surface area contributed by atoms with Crippen LogP contribution in [0.15, 0.2) is 12.1 Å². The van der Waals surface area contributed by atoms with Gasteiger partial charge in [-0.1, -0.05) is 0 Å². The van der Waals surface area contributed by atoms with Crippen LogP contribution in [-0.4, -0.2) is 21.5 Å². The van der Waals surface area contributed by atoms with Crippen molar-refractivity contribution < 1.29 is 0 Å². The Labute approximate surface area is 99.8 Å². The van der Waals surface area contributed by atoms with E-state index in [1.54, 1.807) is 6.07 Å². The molecule has 0 saturated carbocycles. The van der Waals surface area contributed by atoms with Gasteiger partial charge in [0.15, 0.2) is 5.65 Å². The Balaban J connectivity index is 2.05. The molecule has 17 heavy (non-hydrogen) atoms. The Morgan fingerprint density at radius 2 is 2.18 bits per heavy atom. The zero-order valence-corrected chi connectivity index (χ0v) is 9.95. The first-order chi connectivity index (χ1) is 8.17. The van der Waals surface area contributed by atoms with Crippen molar-refractivity contribution in [2.45, 2.75) is 31.7 Å². The molecule has 1 atom stereocenters. The zero-order chi connectivity index (χ0) is 11.9. The van der Waals surface area contributed by atoms with Gasteiger partial charge in [0.25, 0.3) is 0 Å². The number of piperidine rings is 1. The van der Waals surface area contributed by atoms with E-state index in [9.17, 15) is 0 Å². The SMILES string of the molecule is CC1(c2nc3nc(N)ccc3[nH]2)CCCCN1. The Bertz CT molecular complexity index is 539. The lowest BCUT2D eigenvalue weighted by Gasteiger charge is -2.32. The summed E-state index contributed by atoms with van der Waals surface area (Å²) >= 11 is 0. The lowest BCUT2D eigenvalue weighted by atomic mass is 9.90. The average molecular weight is 231 g/mol. The van der Waals surface area contributed by atoms with Crippen molar-refractivity contribution in [2.75, 3.05) is 12.3 Å². The maximum Gasteiger partial charge on any atom is 0.179 e. The van der Waals surface area contributed by atoms with Crippen LogP contribution >= 0.6 is 0 Å². The van der Waals surface area contributed by atoms with Crippen LogP contribution in [0, 0.1) is 0 Å². The fourth-order valence-corrected chi connectivity index (χ4v) is 2.43. The highest BCUT2D eigenvalue weighted by molar-refractivity contribution is 5.72. The number of anilines is 1. The number of pyridine rings is 1. The number of aromatic nitrogens is 3. The van der Waals surface area contributed by atoms with Gasteiger partial charge >= 0.3 is 0 Å². The van der Waals surface area contributed by atoms with Gasteiger partial charge < -0.3 is 16.0 Å². The molecule has 0 aliphatic carbocycles. The number of aromatic amines is 1. The first kappa shape index (κ1) is 10.5. The molecule has 90 valence electrons. The molecule has 0 spiro atoms. The maximum absolute atomic E-state index is 5.66. The van der Waals surface area contributed by atoms with Crippen molar-refractivity contribution in [3.63, 3.8) is 0 Å². The van der Waals surface area contributed by atoms with Crippen molar-refractivity contribution in [1.82, 2.24) is 20.3 Å². The number of nitrogens with one attached hydrogen (secondary N) is 2. The summed E-state index contributed by atoms with van der Waals surface area (Å²) in [6.45, 7) is 3.23. The fraction of sp³-hybridized carbons (Fsp3) is 0.500. The summed E-state index contributed by atoms with van der Waals surface area (Å²) in [5.41, 5.74) is 7.25. The molecular formula is C12H17N5. The van der Waals surface area contributed by atoms with Crippen LogP contribution in [0.3, 0.4) is 0 Å². The van der Waals surface area contributed by atoms with Crippen molar-refractivity contribution in [2.24, 2.45) is 0 Å². The van der Waals surface area contributed by atoms with Crippen molar-refractivity contribution >= 4 is 17.0 Å². The molecule has 1 unspecified atom stereocenters. The molecule has 3 heterocycles. The van der Waals surface area contributed by atoms with Gasteiger partial charge in [0.1, 0.15) is 11.6 Å². The van der Waals surface area contributed by atoms with Gasteiger partial charge in [-0.25, -0.2) is 9.97 Å². The second-order valence-electron chi connectivity index (χ2n) is 4.91. The second-order valence-corrected chi connectivity index (χ2v) is 4.91. The molecule has 1 aliphatic rings. The van der Waals surface area contributed by atoms with E-state index in [1.165, 1.54) is 12.8 Å². The molecule has 1 aliphatic heterocycles. The fourth-order valence-electron chi connectivity index (χ4n) is 2.43. The number of hydrogen-bond donors (Lipinski definition) is 3. The summed E-state index contributed by atoms with van der Waals surface area (Å²) in [6, 6.07) is 3.72. The lowest BCUT2D eigenvalue weighted by Crippen LogP contribution is -2.44. The number of H-pyrrole nitrogens is 1. The Kier molecular flexibility index (Phi) is 2.29. The van der Waals surface area contributed by atoms with E-state index in [0.29, 0.717) is 11.5 Å². The zero-order valence-electron chi connectivity index (χ0n) is 9.95. The normalized spacial score (nSPS) is 25.2. The van der Waals surface area contributed by atoms with Gasteiger partial charge in [-0.2, -0.15) is 0 Å². The maximum atomic E-state index is 5.66. The summed E-state index contributed by atoms with van der Waals surface area (Å²) in [6.07, 6.45) is 3.57. The van der Waals surface area contributed by atoms with Crippen LogP contribution in [-0.2, 0) is 5.54 Å². The van der Waals surface area contributed by atoms with Gasteiger partial charge in [0, 0.05) is 0 Å². The molecular weight excluding hydrogens is 214 g/mol. The Morgan fingerprint density at radius 3 is 2.94 bits per heavy atom. The van der Waals surface area contributed by atoms with Crippen LogP contribution in [0.4, 0.5) is 5.82 Å². The standard InChI is InChI=1S/C12H17N5/c1-12(6-2-3-7-14-12)11-15-8-4-5-9(13)16-10(8)17-11/h4-5,14H,2-3,6-7H2,1H3,(H3,13,15,16,17). The third kappa shape index (κ3) is 1.76. The molecule has 3 rings (SSSR count). The number of nitrogen functional groups attached to an aromatic ring is 1. The average Bonchev–Trinajstić information content (AvgIpc) is 2.73. The van der Waals surface area contributed by atoms with Crippen LogP contribution in [0.2, 0.25) is 0 Å². The number of imidazole rings is 1. The predicted octanol–water partition coefficient (Wildman–Crippen LogP) is 1.53. The summed E-state index contributed by atoms with van der Waals surface area (Å²) in [5, 5.41) is 3.53. The minimum Gasteiger partial charge on any atom is -0.384 e. The largest absolute Gasteiger partial charge is 0.384 e. The topological polar surface area (TPSA) is 79.6 Å². The minimum absolute atomic E-state index is 0.0618. The van der Waals surface area contributed by atoms with Crippen LogP contribution in [0.5, 0.6) is 0 Å². The van der Waals surface area contributed by atoms with E-state index in [-0.39, 0.29) is 5.54 Å². The lowest BCUT2D eigenvalue weighted by molar-refractivity contribution is 0.271. The van der Waals surface area contributed by atoms with Gasteiger partial charge in [-0.05, 0) is 44.9 Å². The molecule has 4 N–H and O–H groups in total. The van der Waals surface area contributed by atoms with Gasteiger partial charge in [0.2, 0.25) is 0 Å². The van der Waals surface area contributed by atoms with E-state index in [2.05, 4.69) is 27.2 Å². The Morgan fingerprint density at radius 1 is 1.29 bits per heavy atom. The third-order valence-electron chi connectivity index (χ3n) is 3.51. The van der Waals surface area contributed by atoms with E-state index in [4.69, 9.17) is 5.73 Å². The molecule has 5 nitrogen and oxygen atoms in total. The molecule has 0 bridgehead atoms. The number of nitrogens with two attached hydrogens (primary N) is 1. The smallest absolute Gasteiger partial charge is 0.179 e. The highest BCUT2D eigenvalue weighted by atomic mass is 15.1. The van der Waals surface area contributed by atoms with E-state index < -0.39 is 0 Å². The quantitative estimate of drug-likeness (QED) is 0.695.